The summed E-state index contributed by atoms with van der Waals surface area (Å²) in [6.45, 7) is 5.57. The number of halogens is 1. The highest BCUT2D eigenvalue weighted by Crippen LogP contribution is 2.24. The minimum Gasteiger partial charge on any atom is -0.384 e. The number of nitrogens with two attached hydrogens (primary N) is 1. The molecular weight excluding hydrogens is 246 g/mol. The summed E-state index contributed by atoms with van der Waals surface area (Å²) in [5, 5.41) is 5.14. The van der Waals surface area contributed by atoms with Crippen molar-refractivity contribution in [3.05, 3.63) is 35.5 Å². The van der Waals surface area contributed by atoms with Crippen LogP contribution in [0.1, 0.15) is 20.3 Å². The summed E-state index contributed by atoms with van der Waals surface area (Å²) in [6.07, 6.45) is 2.74. The van der Waals surface area contributed by atoms with Crippen LogP contribution in [0.15, 0.2) is 30.5 Å². The van der Waals surface area contributed by atoms with E-state index in [1.807, 2.05) is 38.1 Å². The number of benzene rings is 1. The maximum Gasteiger partial charge on any atom is 0.0737 e. The van der Waals surface area contributed by atoms with Crippen LogP contribution in [0.3, 0.4) is 0 Å². The van der Waals surface area contributed by atoms with E-state index in [4.69, 9.17) is 17.3 Å². The fraction of sp³-hybridized carbons (Fsp3) is 0.357. The van der Waals surface area contributed by atoms with Crippen LogP contribution in [0.4, 0.5) is 5.69 Å². The first-order chi connectivity index (χ1) is 8.81. The third-order valence-corrected chi connectivity index (χ3v) is 2.64. The lowest BCUT2D eigenvalue weighted by atomic mass is 10.2. The van der Waals surface area contributed by atoms with Crippen LogP contribution in [-0.4, -0.2) is 18.1 Å². The molecule has 0 saturated heterocycles. The van der Waals surface area contributed by atoms with E-state index in [9.17, 15) is 0 Å². The highest BCUT2D eigenvalue weighted by Gasteiger charge is 2.01. The van der Waals surface area contributed by atoms with Gasteiger partial charge in [-0.25, -0.2) is 0 Å². The molecule has 3 N–H and O–H groups in total. The van der Waals surface area contributed by atoms with E-state index < -0.39 is 0 Å². The zero-order valence-corrected chi connectivity index (χ0v) is 11.7. The van der Waals surface area contributed by atoms with Crippen LogP contribution in [0.2, 0.25) is 5.02 Å². The lowest BCUT2D eigenvalue weighted by Crippen LogP contribution is -2.08. The van der Waals surface area contributed by atoms with Gasteiger partial charge in [0, 0.05) is 28.8 Å². The van der Waals surface area contributed by atoms with Gasteiger partial charge in [-0.2, -0.15) is 0 Å². The Labute approximate surface area is 113 Å². The number of rotatable bonds is 4. The summed E-state index contributed by atoms with van der Waals surface area (Å²) in [6, 6.07) is 7.69. The molecule has 2 aromatic rings. The predicted molar refractivity (Wildman–Crippen MR) is 80.3 cm³/mol. The molecule has 2 rings (SSSR count). The number of nitrogens with zero attached hydrogens (tertiary/aromatic N) is 1. The fourth-order valence-corrected chi connectivity index (χ4v) is 1.77. The van der Waals surface area contributed by atoms with E-state index in [0.29, 0.717) is 11.6 Å². The quantitative estimate of drug-likeness (QED) is 0.830. The van der Waals surface area contributed by atoms with Gasteiger partial charge in [0.15, 0.2) is 0 Å². The number of nitrogens with one attached hydrogen (secondary N) is 1. The van der Waals surface area contributed by atoms with Crippen LogP contribution in [-0.2, 0) is 0 Å². The number of pyridine rings is 1. The van der Waals surface area contributed by atoms with E-state index in [-0.39, 0.29) is 0 Å². The Morgan fingerprint density at radius 1 is 1.28 bits per heavy atom. The van der Waals surface area contributed by atoms with Gasteiger partial charge in [-0.05, 0) is 37.2 Å². The molecule has 0 amide bonds. The Morgan fingerprint density at radius 2 is 2.06 bits per heavy atom. The first-order valence-corrected chi connectivity index (χ1v) is 6.67. The van der Waals surface area contributed by atoms with E-state index in [2.05, 4.69) is 10.3 Å². The molecule has 1 aromatic carbocycles. The number of aromatic nitrogens is 1. The average Bonchev–Trinajstić information content (AvgIpc) is 2.41. The molecule has 4 heteroatoms. The third kappa shape index (κ3) is 3.86. The van der Waals surface area contributed by atoms with E-state index >= 15 is 0 Å². The molecular formula is C14H20ClN3. The normalized spacial score (nSPS) is 9.78. The fourth-order valence-electron chi connectivity index (χ4n) is 1.60. The molecule has 18 heavy (non-hydrogen) atoms. The van der Waals surface area contributed by atoms with Gasteiger partial charge >= 0.3 is 0 Å². The number of hydrogen-bond donors (Lipinski definition) is 2. The molecule has 98 valence electrons. The molecule has 0 aliphatic heterocycles. The second kappa shape index (κ2) is 7.90. The number of hydrogen-bond acceptors (Lipinski definition) is 3. The van der Waals surface area contributed by atoms with Crippen LogP contribution in [0.25, 0.3) is 10.9 Å². The van der Waals surface area contributed by atoms with Crippen molar-refractivity contribution in [1.82, 2.24) is 4.98 Å². The van der Waals surface area contributed by atoms with Gasteiger partial charge in [0.1, 0.15) is 0 Å². The lowest BCUT2D eigenvalue weighted by Gasteiger charge is -2.08. The summed E-state index contributed by atoms with van der Waals surface area (Å²) in [5.41, 5.74) is 7.44. The summed E-state index contributed by atoms with van der Waals surface area (Å²) in [7, 11) is 0. The standard InChI is InChI=1S/C12H14ClN3.C2H6/c13-9-2-3-10-11(15-6-1-5-14)4-7-16-12(10)8-9;1-2/h2-4,7-8H,1,5-6,14H2,(H,15,16);1-2H3. The van der Waals surface area contributed by atoms with Crippen LogP contribution >= 0.6 is 11.6 Å². The van der Waals surface area contributed by atoms with Gasteiger partial charge in [0.05, 0.1) is 5.52 Å². The first-order valence-electron chi connectivity index (χ1n) is 6.29. The Bertz CT molecular complexity index is 485. The summed E-state index contributed by atoms with van der Waals surface area (Å²) >= 11 is 5.92. The highest BCUT2D eigenvalue weighted by atomic mass is 35.5. The largest absolute Gasteiger partial charge is 0.384 e. The zero-order chi connectivity index (χ0) is 13.4. The Balaban J connectivity index is 0.000000771. The smallest absolute Gasteiger partial charge is 0.0737 e. The Kier molecular flexibility index (Phi) is 6.47. The van der Waals surface area contributed by atoms with Crippen molar-refractivity contribution in [2.75, 3.05) is 18.4 Å². The van der Waals surface area contributed by atoms with E-state index in [0.717, 1.165) is 29.6 Å². The molecule has 1 heterocycles. The summed E-state index contributed by atoms with van der Waals surface area (Å²) in [5.74, 6) is 0. The van der Waals surface area contributed by atoms with E-state index in [1.165, 1.54) is 0 Å². The first kappa shape index (κ1) is 14.7. The average molecular weight is 266 g/mol. The second-order valence-electron chi connectivity index (χ2n) is 3.59. The van der Waals surface area contributed by atoms with Crippen molar-refractivity contribution < 1.29 is 0 Å². The molecule has 0 aliphatic rings. The minimum absolute atomic E-state index is 0.696. The molecule has 0 atom stereocenters. The van der Waals surface area contributed by atoms with Crippen molar-refractivity contribution >= 4 is 28.2 Å². The van der Waals surface area contributed by atoms with Crippen molar-refractivity contribution in [2.45, 2.75) is 20.3 Å². The molecule has 0 bridgehead atoms. The molecule has 0 aliphatic carbocycles. The molecule has 0 spiro atoms. The highest BCUT2D eigenvalue weighted by molar-refractivity contribution is 6.31. The van der Waals surface area contributed by atoms with Gasteiger partial charge in [-0.15, -0.1) is 0 Å². The maximum atomic E-state index is 5.92. The van der Waals surface area contributed by atoms with Crippen molar-refractivity contribution in [3.8, 4) is 0 Å². The Hall–Kier alpha value is -1.32. The molecule has 0 saturated carbocycles. The SMILES string of the molecule is CC.NCCCNc1ccnc2cc(Cl)ccc12. The Morgan fingerprint density at radius 3 is 2.78 bits per heavy atom. The zero-order valence-electron chi connectivity index (χ0n) is 10.9. The summed E-state index contributed by atoms with van der Waals surface area (Å²) < 4.78 is 0. The molecule has 0 radical (unpaired) electrons. The van der Waals surface area contributed by atoms with Gasteiger partial charge in [0.25, 0.3) is 0 Å². The number of anilines is 1. The molecule has 3 nitrogen and oxygen atoms in total. The van der Waals surface area contributed by atoms with E-state index in [1.54, 1.807) is 6.20 Å². The minimum atomic E-state index is 0.696. The van der Waals surface area contributed by atoms with Gasteiger partial charge < -0.3 is 11.1 Å². The monoisotopic (exact) mass is 265 g/mol. The van der Waals surface area contributed by atoms with Gasteiger partial charge in [-0.3, -0.25) is 4.98 Å². The predicted octanol–water partition coefficient (Wildman–Crippen LogP) is 3.68. The molecule has 0 unspecified atom stereocenters. The van der Waals surface area contributed by atoms with Crippen LogP contribution in [0.5, 0.6) is 0 Å². The topological polar surface area (TPSA) is 50.9 Å². The van der Waals surface area contributed by atoms with Crippen molar-refractivity contribution in [2.24, 2.45) is 5.73 Å². The maximum absolute atomic E-state index is 5.92. The second-order valence-corrected chi connectivity index (χ2v) is 4.03. The van der Waals surface area contributed by atoms with Crippen LogP contribution in [0, 0.1) is 0 Å². The summed E-state index contributed by atoms with van der Waals surface area (Å²) in [4.78, 5) is 4.28. The lowest BCUT2D eigenvalue weighted by molar-refractivity contribution is 0.875. The van der Waals surface area contributed by atoms with Gasteiger partial charge in [0.2, 0.25) is 0 Å². The number of fused-ring (bicyclic) bond motifs is 1. The van der Waals surface area contributed by atoms with Gasteiger partial charge in [-0.1, -0.05) is 25.4 Å². The van der Waals surface area contributed by atoms with Crippen molar-refractivity contribution in [1.29, 1.82) is 0 Å². The molecule has 1 aromatic heterocycles. The van der Waals surface area contributed by atoms with Crippen molar-refractivity contribution in [3.63, 3.8) is 0 Å². The van der Waals surface area contributed by atoms with Crippen LogP contribution < -0.4 is 11.1 Å². The third-order valence-electron chi connectivity index (χ3n) is 2.40. The molecule has 0 fully saturated rings.